The number of fused-ring (bicyclic) bond motifs is 1. The van der Waals surface area contributed by atoms with Crippen molar-refractivity contribution in [1.29, 1.82) is 0 Å². The molecule has 0 amide bonds. The lowest BCUT2D eigenvalue weighted by molar-refractivity contribution is 0.589. The van der Waals surface area contributed by atoms with Gasteiger partial charge >= 0.3 is 7.27 Å². The van der Waals surface area contributed by atoms with Crippen molar-refractivity contribution in [2.24, 2.45) is 0 Å². The third-order valence-electron chi connectivity index (χ3n) is 3.42. The number of rotatable bonds is 3. The van der Waals surface area contributed by atoms with Crippen molar-refractivity contribution in [2.45, 2.75) is 11.8 Å². The third kappa shape index (κ3) is 2.72. The molecule has 9 heteroatoms. The summed E-state index contributed by atoms with van der Waals surface area (Å²) in [5, 5.41) is 0.174. The first kappa shape index (κ1) is 16.0. The Balaban J connectivity index is 2.29. The summed E-state index contributed by atoms with van der Waals surface area (Å²) in [5.74, 6) is 0. The SMILES string of the molecule is Cc1ccc(S(=O)(=O)n2cc(B(F)F)c3cc(Cl)cnc32)cc1. The molecule has 0 saturated heterocycles. The highest BCUT2D eigenvalue weighted by atomic mass is 35.5. The Hall–Kier alpha value is -1.93. The first-order valence-electron chi connectivity index (χ1n) is 6.57. The number of pyridine rings is 1. The first-order valence-corrected chi connectivity index (χ1v) is 8.39. The Morgan fingerprint density at radius 2 is 1.87 bits per heavy atom. The van der Waals surface area contributed by atoms with Gasteiger partial charge in [0.05, 0.1) is 9.92 Å². The highest BCUT2D eigenvalue weighted by Crippen LogP contribution is 2.23. The van der Waals surface area contributed by atoms with Crippen LogP contribution >= 0.6 is 11.6 Å². The van der Waals surface area contributed by atoms with E-state index in [1.807, 2.05) is 6.92 Å². The second kappa shape index (κ2) is 5.61. The summed E-state index contributed by atoms with van der Waals surface area (Å²) in [6, 6.07) is 7.41. The highest BCUT2D eigenvalue weighted by Gasteiger charge is 2.28. The van der Waals surface area contributed by atoms with Gasteiger partial charge in [0.2, 0.25) is 0 Å². The lowest BCUT2D eigenvalue weighted by Gasteiger charge is -2.07. The van der Waals surface area contributed by atoms with Crippen LogP contribution in [0, 0.1) is 6.92 Å². The van der Waals surface area contributed by atoms with Gasteiger partial charge in [0.15, 0.2) is 5.65 Å². The standard InChI is InChI=1S/C14H10BClF2N2O2S/c1-9-2-4-11(5-3-9)23(21,22)20-8-13(15(17)18)12-6-10(16)7-19-14(12)20/h2-8H,1H3. The molecule has 0 aliphatic heterocycles. The van der Waals surface area contributed by atoms with Crippen molar-refractivity contribution in [3.63, 3.8) is 0 Å². The van der Waals surface area contributed by atoms with Crippen LogP contribution in [0.15, 0.2) is 47.6 Å². The summed E-state index contributed by atoms with van der Waals surface area (Å²) in [7, 11) is -6.87. The fourth-order valence-corrected chi connectivity index (χ4v) is 3.75. The van der Waals surface area contributed by atoms with Gasteiger partial charge in [0.25, 0.3) is 10.0 Å². The van der Waals surface area contributed by atoms with Gasteiger partial charge in [-0.25, -0.2) is 17.4 Å². The Morgan fingerprint density at radius 3 is 2.48 bits per heavy atom. The van der Waals surface area contributed by atoms with Gasteiger partial charge in [-0.3, -0.25) is 8.63 Å². The molecule has 3 rings (SSSR count). The summed E-state index contributed by atoms with van der Waals surface area (Å²) in [5.41, 5.74) is 0.385. The van der Waals surface area contributed by atoms with E-state index in [1.54, 1.807) is 12.1 Å². The lowest BCUT2D eigenvalue weighted by atomic mass is 9.86. The van der Waals surface area contributed by atoms with Crippen LogP contribution in [0.2, 0.25) is 5.02 Å². The van der Waals surface area contributed by atoms with E-state index >= 15 is 0 Å². The minimum Gasteiger partial charge on any atom is -0.281 e. The van der Waals surface area contributed by atoms with Crippen LogP contribution in [-0.2, 0) is 10.0 Å². The molecule has 0 bridgehead atoms. The Bertz CT molecular complexity index is 988. The van der Waals surface area contributed by atoms with Crippen LogP contribution in [0.25, 0.3) is 11.0 Å². The van der Waals surface area contributed by atoms with E-state index in [1.165, 1.54) is 24.4 Å². The molecule has 0 saturated carbocycles. The molecule has 0 spiro atoms. The zero-order valence-electron chi connectivity index (χ0n) is 11.9. The topological polar surface area (TPSA) is 52.0 Å². The highest BCUT2D eigenvalue weighted by molar-refractivity contribution is 7.90. The van der Waals surface area contributed by atoms with Crippen LogP contribution in [0.5, 0.6) is 0 Å². The van der Waals surface area contributed by atoms with Crippen molar-refractivity contribution in [2.75, 3.05) is 0 Å². The summed E-state index contributed by atoms with van der Waals surface area (Å²) >= 11 is 5.79. The fourth-order valence-electron chi connectivity index (χ4n) is 2.26. The van der Waals surface area contributed by atoms with Gasteiger partial charge in [-0.05, 0) is 25.1 Å². The molecule has 0 radical (unpaired) electrons. The van der Waals surface area contributed by atoms with Crippen LogP contribution in [0.3, 0.4) is 0 Å². The molecule has 118 valence electrons. The van der Waals surface area contributed by atoms with E-state index in [0.29, 0.717) is 0 Å². The van der Waals surface area contributed by atoms with Crippen LogP contribution in [0.1, 0.15) is 5.56 Å². The molecule has 0 atom stereocenters. The van der Waals surface area contributed by atoms with Crippen molar-refractivity contribution >= 4 is 45.4 Å². The number of aryl methyl sites for hydroxylation is 1. The summed E-state index contributed by atoms with van der Waals surface area (Å²) < 4.78 is 52.6. The molecule has 0 aliphatic carbocycles. The smallest absolute Gasteiger partial charge is 0.281 e. The average Bonchev–Trinajstić information content (AvgIpc) is 2.87. The number of hydrogen-bond acceptors (Lipinski definition) is 3. The van der Waals surface area contributed by atoms with Gasteiger partial charge in [0.1, 0.15) is 0 Å². The number of aromatic nitrogens is 2. The maximum atomic E-state index is 13.2. The van der Waals surface area contributed by atoms with E-state index in [0.717, 1.165) is 15.7 Å². The summed E-state index contributed by atoms with van der Waals surface area (Å²) in [4.78, 5) is 3.91. The van der Waals surface area contributed by atoms with Crippen LogP contribution < -0.4 is 5.46 Å². The van der Waals surface area contributed by atoms with E-state index < -0.39 is 22.8 Å². The number of benzene rings is 1. The van der Waals surface area contributed by atoms with Gasteiger partial charge in [0, 0.05) is 23.2 Å². The van der Waals surface area contributed by atoms with Crippen molar-refractivity contribution in [3.8, 4) is 0 Å². The molecule has 3 aromatic rings. The summed E-state index contributed by atoms with van der Waals surface area (Å²) in [6.45, 7) is 1.82. The number of nitrogens with zero attached hydrogens (tertiary/aromatic N) is 2. The first-order chi connectivity index (χ1) is 10.8. The number of halogens is 3. The van der Waals surface area contributed by atoms with E-state index in [-0.39, 0.29) is 21.0 Å². The Kier molecular flexibility index (Phi) is 3.89. The Morgan fingerprint density at radius 1 is 1.22 bits per heavy atom. The predicted molar refractivity (Wildman–Crippen MR) is 86.1 cm³/mol. The molecule has 2 aromatic heterocycles. The van der Waals surface area contributed by atoms with Gasteiger partial charge in [-0.2, -0.15) is 0 Å². The lowest BCUT2D eigenvalue weighted by Crippen LogP contribution is -2.20. The maximum absolute atomic E-state index is 13.2. The normalized spacial score (nSPS) is 11.8. The van der Waals surface area contributed by atoms with Crippen LogP contribution in [-0.4, -0.2) is 24.6 Å². The molecular weight excluding hydrogens is 344 g/mol. The average molecular weight is 355 g/mol. The molecule has 2 heterocycles. The van der Waals surface area contributed by atoms with Crippen molar-refractivity contribution in [3.05, 3.63) is 53.3 Å². The molecular formula is C14H10BClF2N2O2S. The minimum atomic E-state index is -4.03. The minimum absolute atomic E-state index is 0.00225. The molecule has 0 aliphatic rings. The quantitative estimate of drug-likeness (QED) is 0.680. The van der Waals surface area contributed by atoms with Crippen LogP contribution in [0.4, 0.5) is 8.63 Å². The molecule has 0 unspecified atom stereocenters. The molecule has 4 nitrogen and oxygen atoms in total. The molecule has 1 aromatic carbocycles. The third-order valence-corrected chi connectivity index (χ3v) is 5.29. The number of hydrogen-bond donors (Lipinski definition) is 0. The second-order valence-corrected chi connectivity index (χ2v) is 7.28. The molecule has 0 fully saturated rings. The zero-order valence-corrected chi connectivity index (χ0v) is 13.4. The maximum Gasteiger partial charge on any atom is 0.574 e. The summed E-state index contributed by atoms with van der Waals surface area (Å²) in [6.07, 6.45) is 2.12. The van der Waals surface area contributed by atoms with E-state index in [2.05, 4.69) is 4.98 Å². The van der Waals surface area contributed by atoms with E-state index in [4.69, 9.17) is 11.6 Å². The van der Waals surface area contributed by atoms with Gasteiger partial charge in [-0.15, -0.1) is 0 Å². The predicted octanol–water partition coefficient (Wildman–Crippen LogP) is 2.87. The monoisotopic (exact) mass is 354 g/mol. The van der Waals surface area contributed by atoms with Gasteiger partial charge < -0.3 is 0 Å². The molecule has 0 N–H and O–H groups in total. The van der Waals surface area contributed by atoms with E-state index in [9.17, 15) is 17.0 Å². The largest absolute Gasteiger partial charge is 0.574 e. The van der Waals surface area contributed by atoms with Crippen molar-refractivity contribution < 1.29 is 17.0 Å². The zero-order chi connectivity index (χ0) is 16.8. The Labute approximate surface area is 136 Å². The molecule has 23 heavy (non-hydrogen) atoms. The fraction of sp³-hybridized carbons (Fsp3) is 0.0714. The van der Waals surface area contributed by atoms with Gasteiger partial charge in [-0.1, -0.05) is 29.3 Å². The van der Waals surface area contributed by atoms with Crippen molar-refractivity contribution in [1.82, 2.24) is 8.96 Å². The second-order valence-electron chi connectivity index (χ2n) is 5.02.